The SMILES string of the molecule is Cc1cc(-c2ccc(C(F)(F)F)cc2)ccc1COc1c(F)cc(F)cc1-c1ccc2cc3cc(N4CCC(C(=O)O)CC4)ccc3nc2c1. The summed E-state index contributed by atoms with van der Waals surface area (Å²) in [5.41, 5.74) is 5.27. The van der Waals surface area contributed by atoms with E-state index >= 15 is 4.39 Å². The van der Waals surface area contributed by atoms with Crippen LogP contribution in [0.15, 0.2) is 97.1 Å². The molecule has 10 heteroatoms. The van der Waals surface area contributed by atoms with E-state index < -0.39 is 29.3 Å². The smallest absolute Gasteiger partial charge is 0.416 e. The van der Waals surface area contributed by atoms with Crippen LogP contribution >= 0.6 is 0 Å². The van der Waals surface area contributed by atoms with E-state index in [2.05, 4.69) is 4.90 Å². The normalized spacial score (nSPS) is 14.0. The molecule has 0 radical (unpaired) electrons. The molecular weight excluding hydrogens is 651 g/mol. The maximum atomic E-state index is 15.3. The molecule has 50 heavy (non-hydrogen) atoms. The van der Waals surface area contributed by atoms with Crippen LogP contribution in [-0.4, -0.2) is 29.1 Å². The van der Waals surface area contributed by atoms with Gasteiger partial charge in [0.15, 0.2) is 11.6 Å². The number of rotatable bonds is 7. The zero-order valence-corrected chi connectivity index (χ0v) is 26.9. The Hall–Kier alpha value is -5.51. The molecule has 0 unspecified atom stereocenters. The second-order valence-corrected chi connectivity index (χ2v) is 12.6. The Morgan fingerprint density at radius 3 is 2.24 bits per heavy atom. The fourth-order valence-electron chi connectivity index (χ4n) is 6.53. The molecule has 1 aliphatic rings. The number of nitrogens with zero attached hydrogens (tertiary/aromatic N) is 2. The van der Waals surface area contributed by atoms with Gasteiger partial charge >= 0.3 is 12.1 Å². The number of aromatic nitrogens is 1. The molecule has 0 atom stereocenters. The minimum Gasteiger partial charge on any atom is -0.485 e. The van der Waals surface area contributed by atoms with Crippen molar-refractivity contribution in [2.75, 3.05) is 18.0 Å². The molecule has 2 heterocycles. The first kappa shape index (κ1) is 33.0. The topological polar surface area (TPSA) is 62.7 Å². The Bertz CT molecular complexity index is 2240. The van der Waals surface area contributed by atoms with Crippen LogP contribution in [-0.2, 0) is 17.6 Å². The summed E-state index contributed by atoms with van der Waals surface area (Å²) in [6, 6.07) is 25.6. The summed E-state index contributed by atoms with van der Waals surface area (Å²) in [4.78, 5) is 18.4. The van der Waals surface area contributed by atoms with Crippen LogP contribution in [0.1, 0.15) is 29.5 Å². The van der Waals surface area contributed by atoms with Gasteiger partial charge in [0.25, 0.3) is 0 Å². The summed E-state index contributed by atoms with van der Waals surface area (Å²) >= 11 is 0. The van der Waals surface area contributed by atoms with Gasteiger partial charge < -0.3 is 14.7 Å². The number of benzene rings is 5. The number of piperidine rings is 1. The maximum absolute atomic E-state index is 15.3. The van der Waals surface area contributed by atoms with Gasteiger partial charge in [-0.1, -0.05) is 42.5 Å². The third-order valence-electron chi connectivity index (χ3n) is 9.38. The highest BCUT2D eigenvalue weighted by Crippen LogP contribution is 2.37. The molecule has 7 rings (SSSR count). The summed E-state index contributed by atoms with van der Waals surface area (Å²) in [7, 11) is 0. The van der Waals surface area contributed by atoms with Gasteiger partial charge in [0, 0.05) is 41.2 Å². The number of hydrogen-bond donors (Lipinski definition) is 1. The average Bonchev–Trinajstić information content (AvgIpc) is 3.10. The van der Waals surface area contributed by atoms with Crippen LogP contribution in [0.5, 0.6) is 5.75 Å². The number of aryl methyl sites for hydroxylation is 1. The Morgan fingerprint density at radius 1 is 0.820 bits per heavy atom. The molecule has 5 nitrogen and oxygen atoms in total. The molecule has 5 aromatic carbocycles. The Labute approximate surface area is 284 Å². The molecular formula is C40H31F5N2O3. The van der Waals surface area contributed by atoms with E-state index in [1.165, 1.54) is 18.2 Å². The zero-order chi connectivity index (χ0) is 35.2. The van der Waals surface area contributed by atoms with Gasteiger partial charge in [-0.25, -0.2) is 13.8 Å². The number of aliphatic carboxylic acids is 1. The molecule has 1 aromatic heterocycles. The van der Waals surface area contributed by atoms with Gasteiger partial charge in [-0.15, -0.1) is 0 Å². The van der Waals surface area contributed by atoms with Crippen molar-refractivity contribution in [2.45, 2.75) is 32.5 Å². The number of pyridine rings is 1. The highest BCUT2D eigenvalue weighted by Gasteiger charge is 2.30. The van der Waals surface area contributed by atoms with Crippen LogP contribution in [0.3, 0.4) is 0 Å². The summed E-state index contributed by atoms with van der Waals surface area (Å²) < 4.78 is 74.8. The fourth-order valence-corrected chi connectivity index (χ4v) is 6.53. The highest BCUT2D eigenvalue weighted by molar-refractivity contribution is 5.96. The second-order valence-electron chi connectivity index (χ2n) is 12.6. The number of alkyl halides is 3. The Balaban J connectivity index is 1.13. The fraction of sp³-hybridized carbons (Fsp3) is 0.200. The van der Waals surface area contributed by atoms with Gasteiger partial charge in [0.1, 0.15) is 12.4 Å². The van der Waals surface area contributed by atoms with Crippen LogP contribution in [0.4, 0.5) is 27.6 Å². The van der Waals surface area contributed by atoms with Crippen molar-refractivity contribution >= 4 is 33.5 Å². The van der Waals surface area contributed by atoms with E-state index in [1.54, 1.807) is 24.3 Å². The lowest BCUT2D eigenvalue weighted by molar-refractivity contribution is -0.142. The molecule has 0 spiro atoms. The third kappa shape index (κ3) is 6.70. The van der Waals surface area contributed by atoms with Crippen LogP contribution in [0, 0.1) is 24.5 Å². The monoisotopic (exact) mass is 682 g/mol. The quantitative estimate of drug-likeness (QED) is 0.134. The number of carboxylic acids is 1. The molecule has 6 aromatic rings. The minimum atomic E-state index is -4.42. The van der Waals surface area contributed by atoms with E-state index in [0.29, 0.717) is 42.6 Å². The number of ether oxygens (including phenoxy) is 1. The molecule has 1 aliphatic heterocycles. The molecule has 254 valence electrons. The lowest BCUT2D eigenvalue weighted by Crippen LogP contribution is -2.36. The Morgan fingerprint density at radius 2 is 1.54 bits per heavy atom. The molecule has 0 saturated carbocycles. The first-order valence-corrected chi connectivity index (χ1v) is 16.1. The summed E-state index contributed by atoms with van der Waals surface area (Å²) in [5, 5.41) is 11.1. The van der Waals surface area contributed by atoms with E-state index in [9.17, 15) is 27.5 Å². The van der Waals surface area contributed by atoms with Crippen LogP contribution in [0.2, 0.25) is 0 Å². The third-order valence-corrected chi connectivity index (χ3v) is 9.38. The molecule has 1 N–H and O–H groups in total. The van der Waals surface area contributed by atoms with Gasteiger partial charge in [0.05, 0.1) is 22.5 Å². The van der Waals surface area contributed by atoms with Crippen LogP contribution in [0.25, 0.3) is 44.1 Å². The molecule has 1 saturated heterocycles. The number of hydrogen-bond acceptors (Lipinski definition) is 4. The van der Waals surface area contributed by atoms with Crippen LogP contribution < -0.4 is 9.64 Å². The van der Waals surface area contributed by atoms with Gasteiger partial charge in [0.2, 0.25) is 0 Å². The zero-order valence-electron chi connectivity index (χ0n) is 26.9. The first-order chi connectivity index (χ1) is 23.9. The van der Waals surface area contributed by atoms with E-state index in [0.717, 1.165) is 56.9 Å². The van der Waals surface area contributed by atoms with Crippen molar-refractivity contribution in [2.24, 2.45) is 5.92 Å². The largest absolute Gasteiger partial charge is 0.485 e. The number of carbonyl (C=O) groups is 1. The van der Waals surface area contributed by atoms with E-state index in [4.69, 9.17) is 9.72 Å². The summed E-state index contributed by atoms with van der Waals surface area (Å²) in [5.74, 6) is -2.80. The summed E-state index contributed by atoms with van der Waals surface area (Å²) in [6.07, 6.45) is -3.23. The average molecular weight is 683 g/mol. The highest BCUT2D eigenvalue weighted by atomic mass is 19.4. The van der Waals surface area contributed by atoms with Crippen molar-refractivity contribution in [3.63, 3.8) is 0 Å². The van der Waals surface area contributed by atoms with Gasteiger partial charge in [-0.05, 0) is 96.1 Å². The lowest BCUT2D eigenvalue weighted by Gasteiger charge is -2.32. The van der Waals surface area contributed by atoms with Crippen molar-refractivity contribution in [3.05, 3.63) is 125 Å². The first-order valence-electron chi connectivity index (χ1n) is 16.1. The van der Waals surface area contributed by atoms with E-state index in [1.807, 2.05) is 43.3 Å². The molecule has 0 amide bonds. The maximum Gasteiger partial charge on any atom is 0.416 e. The van der Waals surface area contributed by atoms with Crippen molar-refractivity contribution in [1.82, 2.24) is 4.98 Å². The predicted octanol–water partition coefficient (Wildman–Crippen LogP) is 10.2. The van der Waals surface area contributed by atoms with E-state index in [-0.39, 0.29) is 23.8 Å². The predicted molar refractivity (Wildman–Crippen MR) is 183 cm³/mol. The second kappa shape index (κ2) is 13.1. The Kier molecular flexibility index (Phi) is 8.63. The minimum absolute atomic E-state index is 0.0263. The van der Waals surface area contributed by atoms with Gasteiger partial charge in [-0.3, -0.25) is 4.79 Å². The van der Waals surface area contributed by atoms with Gasteiger partial charge in [-0.2, -0.15) is 13.2 Å². The summed E-state index contributed by atoms with van der Waals surface area (Å²) in [6.45, 7) is 3.13. The van der Waals surface area contributed by atoms with Crippen molar-refractivity contribution < 1.29 is 36.6 Å². The number of halogens is 5. The number of anilines is 1. The molecule has 0 bridgehead atoms. The number of fused-ring (bicyclic) bond motifs is 2. The lowest BCUT2D eigenvalue weighted by atomic mass is 9.96. The number of carboxylic acid groups (broad SMARTS) is 1. The molecule has 0 aliphatic carbocycles. The van der Waals surface area contributed by atoms with Crippen molar-refractivity contribution in [1.29, 1.82) is 0 Å². The van der Waals surface area contributed by atoms with Crippen molar-refractivity contribution in [3.8, 4) is 28.0 Å². The molecule has 1 fully saturated rings. The standard InChI is InChI=1S/C40H31F5N2O3/c1-23-16-26(24-6-8-31(9-7-24)40(43,44)45)2-5-29(23)22-50-38-34(20-32(41)21-35(38)42)27-3-4-28-17-30-18-33(10-11-36(30)46-37(28)19-27)47-14-12-25(13-15-47)39(48)49/h2-11,16-21,25H,12-15,22H2,1H3,(H,48,49).